The first kappa shape index (κ1) is 36.0. The standard InChI is InChI=1S/C62H43N/c1-61(2)53-26-12-8-20-46(53)49-36-35-43(39-58(49)61)63(42-33-31-41(32-34-42)40-17-4-3-5-18-40)59-38-37-45(44-19-6-7-23-50(44)59)51-25-16-30-57-60(51)52-24-11-15-29-56(52)62(57)54-27-13-9-21-47(54)48-22-10-14-28-55(48)62/h3-39H,1-2H3. The van der Waals surface area contributed by atoms with Gasteiger partial charge in [0.1, 0.15) is 0 Å². The van der Waals surface area contributed by atoms with Gasteiger partial charge < -0.3 is 4.90 Å². The summed E-state index contributed by atoms with van der Waals surface area (Å²) >= 11 is 0. The lowest BCUT2D eigenvalue weighted by Gasteiger charge is -2.30. The first-order chi connectivity index (χ1) is 31.0. The molecule has 0 N–H and O–H groups in total. The van der Waals surface area contributed by atoms with Crippen molar-refractivity contribution in [1.29, 1.82) is 0 Å². The number of anilines is 3. The van der Waals surface area contributed by atoms with Crippen LogP contribution in [-0.2, 0) is 10.8 Å². The van der Waals surface area contributed by atoms with Crippen molar-refractivity contribution in [3.8, 4) is 55.6 Å². The van der Waals surface area contributed by atoms with Gasteiger partial charge in [0.25, 0.3) is 0 Å². The fourth-order valence-corrected chi connectivity index (χ4v) is 11.8. The van der Waals surface area contributed by atoms with Crippen LogP contribution in [0.5, 0.6) is 0 Å². The number of fused-ring (bicyclic) bond motifs is 14. The van der Waals surface area contributed by atoms with Gasteiger partial charge in [-0.1, -0.05) is 208 Å². The van der Waals surface area contributed by atoms with Crippen molar-refractivity contribution in [3.63, 3.8) is 0 Å². The van der Waals surface area contributed by atoms with E-state index < -0.39 is 5.41 Å². The molecule has 0 saturated carbocycles. The van der Waals surface area contributed by atoms with Crippen molar-refractivity contribution in [3.05, 3.63) is 258 Å². The highest BCUT2D eigenvalue weighted by Crippen LogP contribution is 2.64. The van der Waals surface area contributed by atoms with Crippen LogP contribution < -0.4 is 4.90 Å². The summed E-state index contributed by atoms with van der Waals surface area (Å²) in [6, 6.07) is 83.9. The van der Waals surface area contributed by atoms with Gasteiger partial charge in [-0.2, -0.15) is 0 Å². The van der Waals surface area contributed by atoms with Gasteiger partial charge in [-0.3, -0.25) is 0 Å². The van der Waals surface area contributed by atoms with E-state index in [0.717, 1.165) is 17.1 Å². The lowest BCUT2D eigenvalue weighted by molar-refractivity contribution is 0.660. The second kappa shape index (κ2) is 13.4. The van der Waals surface area contributed by atoms with E-state index >= 15 is 0 Å². The summed E-state index contributed by atoms with van der Waals surface area (Å²) in [4.78, 5) is 2.48. The Kier molecular flexibility index (Phi) is 7.64. The molecule has 3 aliphatic carbocycles. The molecule has 3 aliphatic rings. The maximum atomic E-state index is 2.48. The van der Waals surface area contributed by atoms with Gasteiger partial charge in [-0.05, 0) is 125 Å². The Bertz CT molecular complexity index is 3440. The highest BCUT2D eigenvalue weighted by atomic mass is 15.1. The molecule has 0 fully saturated rings. The molecule has 0 bridgehead atoms. The summed E-state index contributed by atoms with van der Waals surface area (Å²) in [6.45, 7) is 4.74. The molecule has 0 aromatic heterocycles. The highest BCUT2D eigenvalue weighted by Gasteiger charge is 2.52. The molecule has 0 unspecified atom stereocenters. The Morgan fingerprint density at radius 1 is 0.302 bits per heavy atom. The van der Waals surface area contributed by atoms with E-state index in [1.165, 1.54) is 99.8 Å². The van der Waals surface area contributed by atoms with E-state index in [9.17, 15) is 0 Å². The molecule has 1 heteroatoms. The molecule has 0 aliphatic heterocycles. The van der Waals surface area contributed by atoms with Crippen LogP contribution in [0.25, 0.3) is 66.4 Å². The molecule has 0 heterocycles. The van der Waals surface area contributed by atoms with Crippen molar-refractivity contribution in [1.82, 2.24) is 0 Å². The molecule has 0 atom stereocenters. The molecule has 0 radical (unpaired) electrons. The zero-order valence-electron chi connectivity index (χ0n) is 35.3. The second-order valence-corrected chi connectivity index (χ2v) is 17.9. The molecule has 1 spiro atoms. The van der Waals surface area contributed by atoms with Crippen LogP contribution in [0.1, 0.15) is 47.2 Å². The molecule has 0 amide bonds. The van der Waals surface area contributed by atoms with Crippen LogP contribution in [0.4, 0.5) is 17.1 Å². The molecular weight excluding hydrogens is 759 g/mol. The monoisotopic (exact) mass is 801 g/mol. The Hall–Kier alpha value is -7.74. The molecular formula is C62H43N. The Morgan fingerprint density at radius 3 is 1.48 bits per heavy atom. The van der Waals surface area contributed by atoms with Gasteiger partial charge >= 0.3 is 0 Å². The number of rotatable bonds is 5. The van der Waals surface area contributed by atoms with Crippen LogP contribution in [0.3, 0.4) is 0 Å². The maximum absolute atomic E-state index is 2.48. The fraction of sp³-hybridized carbons (Fsp3) is 0.0645. The largest absolute Gasteiger partial charge is 0.310 e. The molecule has 296 valence electrons. The smallest absolute Gasteiger partial charge is 0.0725 e. The minimum absolute atomic E-state index is 0.127. The molecule has 13 rings (SSSR count). The van der Waals surface area contributed by atoms with Crippen LogP contribution in [0.2, 0.25) is 0 Å². The third-order valence-electron chi connectivity index (χ3n) is 14.5. The SMILES string of the molecule is CC1(C)c2ccccc2-c2ccc(N(c3ccc(-c4ccccc4)cc3)c3ccc(-c4cccc5c4-c4ccccc4C54c5ccccc5-c5ccccc54)c4ccccc34)cc21. The summed E-state index contributed by atoms with van der Waals surface area (Å²) in [5.74, 6) is 0. The van der Waals surface area contributed by atoms with Crippen molar-refractivity contribution in [2.75, 3.05) is 4.90 Å². The van der Waals surface area contributed by atoms with Crippen LogP contribution in [0, 0.1) is 0 Å². The first-order valence-electron chi connectivity index (χ1n) is 22.2. The first-order valence-corrected chi connectivity index (χ1v) is 22.2. The lowest BCUT2D eigenvalue weighted by atomic mass is 9.70. The summed E-state index contributed by atoms with van der Waals surface area (Å²) < 4.78 is 0. The summed E-state index contributed by atoms with van der Waals surface area (Å²) in [7, 11) is 0. The summed E-state index contributed by atoms with van der Waals surface area (Å²) in [5.41, 5.74) is 23.9. The van der Waals surface area contributed by atoms with Gasteiger partial charge in [0.05, 0.1) is 11.1 Å². The number of hydrogen-bond donors (Lipinski definition) is 0. The summed E-state index contributed by atoms with van der Waals surface area (Å²) in [6.07, 6.45) is 0. The third kappa shape index (κ3) is 4.94. The van der Waals surface area contributed by atoms with E-state index in [0.29, 0.717) is 0 Å². The van der Waals surface area contributed by atoms with Gasteiger partial charge in [-0.25, -0.2) is 0 Å². The highest BCUT2D eigenvalue weighted by molar-refractivity contribution is 6.10. The van der Waals surface area contributed by atoms with Crippen molar-refractivity contribution in [2.24, 2.45) is 0 Å². The van der Waals surface area contributed by atoms with Crippen LogP contribution >= 0.6 is 0 Å². The van der Waals surface area contributed by atoms with Gasteiger partial charge in [-0.15, -0.1) is 0 Å². The predicted molar refractivity (Wildman–Crippen MR) is 263 cm³/mol. The lowest BCUT2D eigenvalue weighted by Crippen LogP contribution is -2.25. The molecule has 10 aromatic carbocycles. The van der Waals surface area contributed by atoms with E-state index in [-0.39, 0.29) is 5.41 Å². The van der Waals surface area contributed by atoms with Crippen molar-refractivity contribution < 1.29 is 0 Å². The average Bonchev–Trinajstić information content (AvgIpc) is 3.91. The predicted octanol–water partition coefficient (Wildman–Crippen LogP) is 16.3. The van der Waals surface area contributed by atoms with E-state index in [1.54, 1.807) is 0 Å². The Labute approximate surface area is 369 Å². The molecule has 1 nitrogen and oxygen atoms in total. The average molecular weight is 802 g/mol. The fourth-order valence-electron chi connectivity index (χ4n) is 11.8. The van der Waals surface area contributed by atoms with Gasteiger partial charge in [0.2, 0.25) is 0 Å². The minimum Gasteiger partial charge on any atom is -0.310 e. The van der Waals surface area contributed by atoms with Crippen LogP contribution in [-0.4, -0.2) is 0 Å². The maximum Gasteiger partial charge on any atom is 0.0725 e. The van der Waals surface area contributed by atoms with Gasteiger partial charge in [0.15, 0.2) is 0 Å². The second-order valence-electron chi connectivity index (χ2n) is 17.9. The minimum atomic E-state index is -0.394. The molecule has 63 heavy (non-hydrogen) atoms. The van der Waals surface area contributed by atoms with Crippen molar-refractivity contribution >= 4 is 27.8 Å². The number of benzene rings is 10. The third-order valence-corrected chi connectivity index (χ3v) is 14.5. The Balaban J connectivity index is 1.03. The molecule has 10 aromatic rings. The molecule has 0 saturated heterocycles. The van der Waals surface area contributed by atoms with Crippen LogP contribution in [0.15, 0.2) is 224 Å². The van der Waals surface area contributed by atoms with E-state index in [2.05, 4.69) is 243 Å². The zero-order chi connectivity index (χ0) is 41.9. The van der Waals surface area contributed by atoms with Gasteiger partial charge in [0, 0.05) is 22.2 Å². The quantitative estimate of drug-likeness (QED) is 0.168. The number of hydrogen-bond acceptors (Lipinski definition) is 1. The van der Waals surface area contributed by atoms with Crippen molar-refractivity contribution in [2.45, 2.75) is 24.7 Å². The Morgan fingerprint density at radius 2 is 0.778 bits per heavy atom. The summed E-state index contributed by atoms with van der Waals surface area (Å²) in [5, 5.41) is 2.44. The normalized spacial score (nSPS) is 14.1. The topological polar surface area (TPSA) is 3.24 Å². The number of nitrogens with zero attached hydrogens (tertiary/aromatic N) is 1. The van der Waals surface area contributed by atoms with E-state index in [4.69, 9.17) is 0 Å². The zero-order valence-corrected chi connectivity index (χ0v) is 35.3. The van der Waals surface area contributed by atoms with E-state index in [1.807, 2.05) is 0 Å².